The van der Waals surface area contributed by atoms with Gasteiger partial charge in [0.1, 0.15) is 0 Å². The third-order valence-electron chi connectivity index (χ3n) is 2.90. The molecular formula is C13H14N4O3. The molecule has 0 atom stereocenters. The van der Waals surface area contributed by atoms with Crippen LogP contribution in [0.25, 0.3) is 0 Å². The maximum Gasteiger partial charge on any atom is 0.231 e. The van der Waals surface area contributed by atoms with Gasteiger partial charge in [-0.3, -0.25) is 4.79 Å². The molecule has 1 aromatic heterocycles. The highest BCUT2D eigenvalue weighted by Gasteiger charge is 2.14. The minimum atomic E-state index is -0.0454. The number of hydrogen-bond acceptors (Lipinski definition) is 5. The van der Waals surface area contributed by atoms with Crippen LogP contribution in [0.5, 0.6) is 11.5 Å². The van der Waals surface area contributed by atoms with Gasteiger partial charge in [-0.2, -0.15) is 15.0 Å². The molecule has 0 radical (unpaired) electrons. The molecule has 20 heavy (non-hydrogen) atoms. The largest absolute Gasteiger partial charge is 0.454 e. The zero-order valence-corrected chi connectivity index (χ0v) is 10.8. The van der Waals surface area contributed by atoms with Crippen LogP contribution in [0.4, 0.5) is 0 Å². The first kappa shape index (κ1) is 12.5. The number of aromatic nitrogens is 3. The summed E-state index contributed by atoms with van der Waals surface area (Å²) in [6, 6.07) is 5.51. The molecule has 0 unspecified atom stereocenters. The van der Waals surface area contributed by atoms with Gasteiger partial charge in [-0.15, -0.1) is 0 Å². The summed E-state index contributed by atoms with van der Waals surface area (Å²) in [5.74, 6) is 1.37. The van der Waals surface area contributed by atoms with E-state index >= 15 is 0 Å². The molecule has 1 aromatic carbocycles. The highest BCUT2D eigenvalue weighted by Crippen LogP contribution is 2.32. The molecular weight excluding hydrogens is 260 g/mol. The van der Waals surface area contributed by atoms with Crippen molar-refractivity contribution in [1.29, 1.82) is 0 Å². The molecule has 7 heteroatoms. The first-order chi connectivity index (χ1) is 9.81. The smallest absolute Gasteiger partial charge is 0.231 e. The van der Waals surface area contributed by atoms with Crippen molar-refractivity contribution in [3.63, 3.8) is 0 Å². The molecule has 1 aliphatic rings. The minimum absolute atomic E-state index is 0.0454. The summed E-state index contributed by atoms with van der Waals surface area (Å²) < 4.78 is 10.5. The van der Waals surface area contributed by atoms with Crippen molar-refractivity contribution in [2.24, 2.45) is 0 Å². The van der Waals surface area contributed by atoms with Crippen molar-refractivity contribution in [3.8, 4) is 11.5 Å². The Morgan fingerprint density at radius 1 is 1.25 bits per heavy atom. The van der Waals surface area contributed by atoms with Crippen molar-refractivity contribution in [2.45, 2.75) is 13.0 Å². The summed E-state index contributed by atoms with van der Waals surface area (Å²) >= 11 is 0. The van der Waals surface area contributed by atoms with Crippen LogP contribution in [0.1, 0.15) is 5.56 Å². The lowest BCUT2D eigenvalue weighted by molar-refractivity contribution is -0.120. The normalized spacial score (nSPS) is 12.4. The summed E-state index contributed by atoms with van der Waals surface area (Å²) in [6.45, 7) is 1.29. The molecule has 1 amide bonds. The van der Waals surface area contributed by atoms with Gasteiger partial charge in [0.05, 0.1) is 25.4 Å². The van der Waals surface area contributed by atoms with Gasteiger partial charge in [0.15, 0.2) is 11.5 Å². The van der Waals surface area contributed by atoms with Crippen molar-refractivity contribution >= 4 is 5.91 Å². The van der Waals surface area contributed by atoms with Crippen molar-refractivity contribution in [2.75, 3.05) is 13.3 Å². The highest BCUT2D eigenvalue weighted by molar-refractivity contribution is 5.78. The van der Waals surface area contributed by atoms with Crippen LogP contribution in [0.15, 0.2) is 30.6 Å². The van der Waals surface area contributed by atoms with Crippen LogP contribution < -0.4 is 14.8 Å². The second-order valence-corrected chi connectivity index (χ2v) is 4.34. The molecule has 104 valence electrons. The van der Waals surface area contributed by atoms with Gasteiger partial charge in [-0.1, -0.05) is 6.07 Å². The Morgan fingerprint density at radius 3 is 2.90 bits per heavy atom. The van der Waals surface area contributed by atoms with Crippen molar-refractivity contribution < 1.29 is 14.3 Å². The van der Waals surface area contributed by atoms with Gasteiger partial charge in [0.25, 0.3) is 0 Å². The quantitative estimate of drug-likeness (QED) is 0.852. The Hall–Kier alpha value is -2.57. The van der Waals surface area contributed by atoms with Crippen LogP contribution in [0.3, 0.4) is 0 Å². The monoisotopic (exact) mass is 274 g/mol. The predicted molar refractivity (Wildman–Crippen MR) is 69.3 cm³/mol. The SMILES string of the molecule is O=C(Cc1ccc2c(c1)OCO2)NCCn1nccn1. The molecule has 0 saturated carbocycles. The third-order valence-corrected chi connectivity index (χ3v) is 2.90. The van der Waals surface area contributed by atoms with Crippen LogP contribution in [-0.4, -0.2) is 34.2 Å². The first-order valence-corrected chi connectivity index (χ1v) is 6.30. The van der Waals surface area contributed by atoms with E-state index in [1.807, 2.05) is 18.2 Å². The molecule has 3 rings (SSSR count). The summed E-state index contributed by atoms with van der Waals surface area (Å²) in [6.07, 6.45) is 3.52. The van der Waals surface area contributed by atoms with E-state index in [1.165, 1.54) is 4.80 Å². The van der Waals surface area contributed by atoms with Gasteiger partial charge >= 0.3 is 0 Å². The maximum absolute atomic E-state index is 11.8. The number of rotatable bonds is 5. The fraction of sp³-hybridized carbons (Fsp3) is 0.308. The summed E-state index contributed by atoms with van der Waals surface area (Å²) in [5, 5.41) is 10.7. The van der Waals surface area contributed by atoms with Gasteiger partial charge in [0.2, 0.25) is 12.7 Å². The molecule has 0 aliphatic carbocycles. The van der Waals surface area contributed by atoms with E-state index in [2.05, 4.69) is 15.5 Å². The molecule has 1 aliphatic heterocycles. The zero-order chi connectivity index (χ0) is 13.8. The van der Waals surface area contributed by atoms with E-state index in [0.29, 0.717) is 25.3 Å². The standard InChI is InChI=1S/C13H14N4O3/c18-13(14-5-6-17-15-3-4-16-17)8-10-1-2-11-12(7-10)20-9-19-11/h1-4,7H,5-6,8-9H2,(H,14,18). The number of fused-ring (bicyclic) bond motifs is 1. The fourth-order valence-electron chi connectivity index (χ4n) is 1.95. The van der Waals surface area contributed by atoms with E-state index in [4.69, 9.17) is 9.47 Å². The number of amides is 1. The lowest BCUT2D eigenvalue weighted by atomic mass is 10.1. The second-order valence-electron chi connectivity index (χ2n) is 4.34. The van der Waals surface area contributed by atoms with Crippen LogP contribution in [0.2, 0.25) is 0 Å². The Morgan fingerprint density at radius 2 is 2.05 bits per heavy atom. The first-order valence-electron chi connectivity index (χ1n) is 6.30. The van der Waals surface area contributed by atoms with Gasteiger partial charge < -0.3 is 14.8 Å². The van der Waals surface area contributed by atoms with Crippen molar-refractivity contribution in [3.05, 3.63) is 36.2 Å². The third kappa shape index (κ3) is 2.87. The fourth-order valence-corrected chi connectivity index (χ4v) is 1.95. The molecule has 0 fully saturated rings. The second kappa shape index (κ2) is 5.60. The lowest BCUT2D eigenvalue weighted by Crippen LogP contribution is -2.29. The van der Waals surface area contributed by atoms with E-state index in [0.717, 1.165) is 11.3 Å². The average molecular weight is 274 g/mol. The number of carbonyl (C=O) groups excluding carboxylic acids is 1. The number of benzene rings is 1. The van der Waals surface area contributed by atoms with Crippen LogP contribution in [0, 0.1) is 0 Å². The van der Waals surface area contributed by atoms with Gasteiger partial charge in [-0.25, -0.2) is 0 Å². The average Bonchev–Trinajstić information content (AvgIpc) is 3.08. The van der Waals surface area contributed by atoms with Crippen LogP contribution >= 0.6 is 0 Å². The van der Waals surface area contributed by atoms with E-state index in [-0.39, 0.29) is 12.7 Å². The number of nitrogens with zero attached hydrogens (tertiary/aromatic N) is 3. The van der Waals surface area contributed by atoms with Gasteiger partial charge in [-0.05, 0) is 17.7 Å². The Labute approximate surface area is 115 Å². The summed E-state index contributed by atoms with van der Waals surface area (Å²) in [7, 11) is 0. The summed E-state index contributed by atoms with van der Waals surface area (Å²) in [5.41, 5.74) is 0.893. The number of carbonyl (C=O) groups is 1. The molecule has 2 aromatic rings. The Balaban J connectivity index is 1.49. The number of nitrogens with one attached hydrogen (secondary N) is 1. The Bertz CT molecular complexity index is 598. The van der Waals surface area contributed by atoms with E-state index in [1.54, 1.807) is 12.4 Å². The zero-order valence-electron chi connectivity index (χ0n) is 10.8. The topological polar surface area (TPSA) is 78.3 Å². The summed E-state index contributed by atoms with van der Waals surface area (Å²) in [4.78, 5) is 13.3. The van der Waals surface area contributed by atoms with Crippen LogP contribution in [-0.2, 0) is 17.8 Å². The minimum Gasteiger partial charge on any atom is -0.454 e. The number of ether oxygens (including phenoxy) is 2. The Kier molecular flexibility index (Phi) is 3.49. The van der Waals surface area contributed by atoms with E-state index in [9.17, 15) is 4.79 Å². The number of hydrogen-bond donors (Lipinski definition) is 1. The molecule has 0 bridgehead atoms. The lowest BCUT2D eigenvalue weighted by Gasteiger charge is -2.05. The molecule has 1 N–H and O–H groups in total. The molecule has 2 heterocycles. The van der Waals surface area contributed by atoms with Crippen molar-refractivity contribution in [1.82, 2.24) is 20.3 Å². The molecule has 0 spiro atoms. The highest BCUT2D eigenvalue weighted by atomic mass is 16.7. The molecule has 0 saturated heterocycles. The van der Waals surface area contributed by atoms with E-state index < -0.39 is 0 Å². The van der Waals surface area contributed by atoms with Gasteiger partial charge in [0, 0.05) is 6.54 Å². The predicted octanol–water partition coefficient (Wildman–Crippen LogP) is 0.366. The molecule has 7 nitrogen and oxygen atoms in total. The maximum atomic E-state index is 11.8.